The molecule has 0 bridgehead atoms. The van der Waals surface area contributed by atoms with Crippen molar-refractivity contribution in [3.8, 4) is 11.5 Å². The fraction of sp³-hybridized carbons (Fsp3) is 0.118. The minimum Gasteiger partial charge on any atom is -0.504 e. The molecule has 3 N–H and O–H groups in total. The van der Waals surface area contributed by atoms with Crippen molar-refractivity contribution >= 4 is 23.7 Å². The molecule has 7 heteroatoms. The van der Waals surface area contributed by atoms with Gasteiger partial charge in [-0.25, -0.2) is 5.43 Å². The van der Waals surface area contributed by atoms with Crippen LogP contribution in [-0.4, -0.2) is 30.2 Å². The van der Waals surface area contributed by atoms with E-state index in [0.717, 1.165) is 0 Å². The Morgan fingerprint density at radius 2 is 1.88 bits per heavy atom. The Kier molecular flexibility index (Phi) is 5.90. The molecular formula is C17H17N3O4. The Bertz CT molecular complexity index is 745. The monoisotopic (exact) mass is 327 g/mol. The van der Waals surface area contributed by atoms with Crippen molar-refractivity contribution in [2.24, 2.45) is 5.10 Å². The number of amides is 2. The van der Waals surface area contributed by atoms with Crippen LogP contribution in [0.4, 0.5) is 5.69 Å². The zero-order chi connectivity index (χ0) is 17.4. The first-order valence-corrected chi connectivity index (χ1v) is 7.13. The number of para-hydroxylation sites is 2. The highest BCUT2D eigenvalue weighted by molar-refractivity contribution is 6.03. The topological polar surface area (TPSA) is 100 Å². The zero-order valence-electron chi connectivity index (χ0n) is 13.0. The number of anilines is 1. The summed E-state index contributed by atoms with van der Waals surface area (Å²) in [4.78, 5) is 23.4. The summed E-state index contributed by atoms with van der Waals surface area (Å²) in [5.74, 6) is -0.799. The van der Waals surface area contributed by atoms with Gasteiger partial charge in [0, 0.05) is 11.3 Å². The number of phenolic OH excluding ortho intramolecular Hbond substituents is 1. The van der Waals surface area contributed by atoms with Gasteiger partial charge in [-0.2, -0.15) is 5.10 Å². The minimum absolute atomic E-state index is 0.0835. The van der Waals surface area contributed by atoms with Crippen LogP contribution in [0.3, 0.4) is 0 Å². The van der Waals surface area contributed by atoms with Gasteiger partial charge in [0.2, 0.25) is 11.8 Å². The first kappa shape index (κ1) is 17.0. The van der Waals surface area contributed by atoms with E-state index in [1.54, 1.807) is 42.5 Å². The van der Waals surface area contributed by atoms with E-state index in [1.807, 2.05) is 6.07 Å². The van der Waals surface area contributed by atoms with Crippen molar-refractivity contribution in [1.29, 1.82) is 0 Å². The van der Waals surface area contributed by atoms with Crippen LogP contribution in [0.5, 0.6) is 11.5 Å². The molecule has 2 amide bonds. The molecule has 0 aliphatic heterocycles. The van der Waals surface area contributed by atoms with E-state index in [0.29, 0.717) is 17.0 Å². The highest BCUT2D eigenvalue weighted by atomic mass is 16.5. The maximum absolute atomic E-state index is 11.7. The lowest BCUT2D eigenvalue weighted by Gasteiger charge is -2.05. The van der Waals surface area contributed by atoms with Crippen LogP contribution < -0.4 is 15.5 Å². The van der Waals surface area contributed by atoms with Crippen molar-refractivity contribution in [3.63, 3.8) is 0 Å². The number of methoxy groups -OCH3 is 1. The van der Waals surface area contributed by atoms with Gasteiger partial charge >= 0.3 is 0 Å². The Balaban J connectivity index is 1.86. The van der Waals surface area contributed by atoms with Crippen molar-refractivity contribution in [1.82, 2.24) is 5.43 Å². The number of carbonyl (C=O) groups is 2. The predicted octanol–water partition coefficient (Wildman–Crippen LogP) is 1.88. The fourth-order valence-electron chi connectivity index (χ4n) is 1.89. The Hall–Kier alpha value is -3.35. The molecule has 0 heterocycles. The number of carbonyl (C=O) groups excluding carboxylic acids is 2. The van der Waals surface area contributed by atoms with Crippen LogP contribution >= 0.6 is 0 Å². The van der Waals surface area contributed by atoms with Crippen molar-refractivity contribution < 1.29 is 19.4 Å². The zero-order valence-corrected chi connectivity index (χ0v) is 13.0. The van der Waals surface area contributed by atoms with Crippen molar-refractivity contribution in [2.75, 3.05) is 12.4 Å². The van der Waals surface area contributed by atoms with Gasteiger partial charge in [0.25, 0.3) is 0 Å². The molecule has 0 saturated heterocycles. The van der Waals surface area contributed by atoms with Crippen LogP contribution in [0.1, 0.15) is 12.0 Å². The van der Waals surface area contributed by atoms with E-state index in [-0.39, 0.29) is 12.2 Å². The smallest absolute Gasteiger partial charge is 0.249 e. The normalized spacial score (nSPS) is 10.4. The van der Waals surface area contributed by atoms with Crippen LogP contribution in [0, 0.1) is 0 Å². The molecule has 7 nitrogen and oxygen atoms in total. The third-order valence-electron chi connectivity index (χ3n) is 3.02. The van der Waals surface area contributed by atoms with Crippen LogP contribution in [0.15, 0.2) is 53.6 Å². The number of phenols is 1. The number of rotatable bonds is 6. The number of nitrogens with zero attached hydrogens (tertiary/aromatic N) is 1. The van der Waals surface area contributed by atoms with E-state index in [1.165, 1.54) is 13.3 Å². The molecule has 0 radical (unpaired) electrons. The average molecular weight is 327 g/mol. The SMILES string of the molecule is COc1cccc(C=NNC(=O)CC(=O)Nc2ccccc2)c1O. The number of nitrogens with one attached hydrogen (secondary N) is 2. The highest BCUT2D eigenvalue weighted by Gasteiger charge is 2.09. The molecule has 0 saturated carbocycles. The van der Waals surface area contributed by atoms with Gasteiger partial charge in [0.05, 0.1) is 13.3 Å². The van der Waals surface area contributed by atoms with Crippen LogP contribution in [0.2, 0.25) is 0 Å². The van der Waals surface area contributed by atoms with E-state index < -0.39 is 11.8 Å². The quantitative estimate of drug-likeness (QED) is 0.428. The second-order valence-corrected chi connectivity index (χ2v) is 4.78. The second-order valence-electron chi connectivity index (χ2n) is 4.78. The lowest BCUT2D eigenvalue weighted by Crippen LogP contribution is -2.24. The Morgan fingerprint density at radius 3 is 2.58 bits per heavy atom. The number of benzene rings is 2. The van der Waals surface area contributed by atoms with E-state index in [4.69, 9.17) is 4.74 Å². The maximum Gasteiger partial charge on any atom is 0.249 e. The summed E-state index contributed by atoms with van der Waals surface area (Å²) in [5, 5.41) is 16.2. The summed E-state index contributed by atoms with van der Waals surface area (Å²) in [6, 6.07) is 13.7. The van der Waals surface area contributed by atoms with Crippen molar-refractivity contribution in [2.45, 2.75) is 6.42 Å². The summed E-state index contributed by atoms with van der Waals surface area (Å²) in [6.45, 7) is 0. The Morgan fingerprint density at radius 1 is 1.12 bits per heavy atom. The lowest BCUT2D eigenvalue weighted by atomic mass is 10.2. The van der Waals surface area contributed by atoms with Gasteiger partial charge in [-0.3, -0.25) is 9.59 Å². The molecule has 0 unspecified atom stereocenters. The summed E-state index contributed by atoms with van der Waals surface area (Å²) in [7, 11) is 1.43. The molecule has 0 aliphatic carbocycles. The number of aromatic hydroxyl groups is 1. The lowest BCUT2D eigenvalue weighted by molar-refractivity contribution is -0.126. The first-order valence-electron chi connectivity index (χ1n) is 7.13. The third-order valence-corrected chi connectivity index (χ3v) is 3.02. The summed E-state index contributed by atoms with van der Waals surface area (Å²) in [6.07, 6.45) is 0.904. The summed E-state index contributed by atoms with van der Waals surface area (Å²) < 4.78 is 4.97. The molecule has 124 valence electrons. The van der Waals surface area contributed by atoms with Gasteiger partial charge < -0.3 is 15.2 Å². The molecule has 2 aromatic carbocycles. The molecule has 2 aromatic rings. The van der Waals surface area contributed by atoms with Gasteiger partial charge in [-0.15, -0.1) is 0 Å². The van der Waals surface area contributed by atoms with E-state index in [2.05, 4.69) is 15.8 Å². The van der Waals surface area contributed by atoms with Crippen molar-refractivity contribution in [3.05, 3.63) is 54.1 Å². The second kappa shape index (κ2) is 8.33. The van der Waals surface area contributed by atoms with Gasteiger partial charge in [-0.1, -0.05) is 24.3 Å². The number of ether oxygens (including phenoxy) is 1. The van der Waals surface area contributed by atoms with E-state index in [9.17, 15) is 14.7 Å². The summed E-state index contributed by atoms with van der Waals surface area (Å²) >= 11 is 0. The van der Waals surface area contributed by atoms with E-state index >= 15 is 0 Å². The third kappa shape index (κ3) is 4.84. The number of hydrogen-bond acceptors (Lipinski definition) is 5. The average Bonchev–Trinajstić information content (AvgIpc) is 2.57. The molecule has 0 aliphatic rings. The summed E-state index contributed by atoms with van der Waals surface area (Å²) in [5.41, 5.74) is 3.22. The molecule has 0 aromatic heterocycles. The van der Waals surface area contributed by atoms with Crippen LogP contribution in [0.25, 0.3) is 0 Å². The van der Waals surface area contributed by atoms with Gasteiger partial charge in [0.1, 0.15) is 6.42 Å². The Labute approximate surface area is 139 Å². The maximum atomic E-state index is 11.7. The predicted molar refractivity (Wildman–Crippen MR) is 90.1 cm³/mol. The number of hydrogen-bond donors (Lipinski definition) is 3. The van der Waals surface area contributed by atoms with Gasteiger partial charge in [0.15, 0.2) is 11.5 Å². The molecule has 0 fully saturated rings. The molecule has 0 atom stereocenters. The first-order chi connectivity index (χ1) is 11.6. The highest BCUT2D eigenvalue weighted by Crippen LogP contribution is 2.27. The van der Waals surface area contributed by atoms with Gasteiger partial charge in [-0.05, 0) is 24.3 Å². The standard InChI is InChI=1S/C17H17N3O4/c1-24-14-9-5-6-12(17(14)23)11-18-20-16(22)10-15(21)19-13-7-3-2-4-8-13/h2-9,11,23H,10H2,1H3,(H,19,21)(H,20,22). The fourth-order valence-corrected chi connectivity index (χ4v) is 1.89. The molecule has 24 heavy (non-hydrogen) atoms. The molecule has 2 rings (SSSR count). The van der Waals surface area contributed by atoms with Crippen LogP contribution in [-0.2, 0) is 9.59 Å². The number of hydrazone groups is 1. The molecular weight excluding hydrogens is 310 g/mol. The minimum atomic E-state index is -0.568. The molecule has 0 spiro atoms. The largest absolute Gasteiger partial charge is 0.504 e.